The van der Waals surface area contributed by atoms with Gasteiger partial charge in [-0.25, -0.2) is 9.98 Å². The van der Waals surface area contributed by atoms with E-state index in [1.807, 2.05) is 6.21 Å². The van der Waals surface area contributed by atoms with Gasteiger partial charge in [-0.2, -0.15) is 4.98 Å². The molecule has 1 aliphatic rings. The van der Waals surface area contributed by atoms with Crippen molar-refractivity contribution in [3.63, 3.8) is 0 Å². The van der Waals surface area contributed by atoms with Gasteiger partial charge in [-0.3, -0.25) is 4.79 Å². The van der Waals surface area contributed by atoms with Gasteiger partial charge >= 0.3 is 0 Å². The average molecular weight is 302 g/mol. The minimum atomic E-state index is 0.118. The van der Waals surface area contributed by atoms with E-state index in [9.17, 15) is 4.79 Å². The zero-order valence-electron chi connectivity index (χ0n) is 13.5. The van der Waals surface area contributed by atoms with Crippen LogP contribution in [0.5, 0.6) is 0 Å². The van der Waals surface area contributed by atoms with Crippen LogP contribution in [0.2, 0.25) is 0 Å². The number of hydrogen-bond acceptors (Lipinski definition) is 5. The van der Waals surface area contributed by atoms with Crippen LogP contribution in [0.4, 0.5) is 17.5 Å². The second-order valence-electron chi connectivity index (χ2n) is 5.15. The zero-order valence-corrected chi connectivity index (χ0v) is 13.5. The predicted octanol–water partition coefficient (Wildman–Crippen LogP) is 2.77. The molecule has 119 valence electrons. The van der Waals surface area contributed by atoms with Gasteiger partial charge in [0.05, 0.1) is 6.20 Å². The number of anilines is 2. The Labute approximate surface area is 132 Å². The molecule has 0 spiro atoms. The van der Waals surface area contributed by atoms with Crippen LogP contribution in [0.1, 0.15) is 39.5 Å². The van der Waals surface area contributed by atoms with Crippen molar-refractivity contribution in [2.24, 2.45) is 4.99 Å². The summed E-state index contributed by atoms with van der Waals surface area (Å²) < 4.78 is 0. The molecule has 0 aromatic carbocycles. The Morgan fingerprint density at radius 2 is 2.23 bits per heavy atom. The molecule has 1 saturated heterocycles. The summed E-state index contributed by atoms with van der Waals surface area (Å²) in [5, 5.41) is 0. The molecule has 22 heavy (non-hydrogen) atoms. The standard InChI is InChI=1S/C16H24N5O/c1-4-7-10-17-15-13(21-11-8-9-14(21)22)12-18-16(19-15)20(5-2)6-3/h10,12H,1,4-9,11H2,2-3H3. The molecule has 1 fully saturated rings. The quantitative estimate of drug-likeness (QED) is 0.727. The fourth-order valence-electron chi connectivity index (χ4n) is 2.45. The van der Waals surface area contributed by atoms with Gasteiger partial charge in [0.2, 0.25) is 11.9 Å². The lowest BCUT2D eigenvalue weighted by Crippen LogP contribution is -2.26. The third-order valence-corrected chi connectivity index (χ3v) is 3.69. The van der Waals surface area contributed by atoms with Gasteiger partial charge < -0.3 is 9.80 Å². The Morgan fingerprint density at radius 3 is 2.82 bits per heavy atom. The van der Waals surface area contributed by atoms with E-state index in [0.717, 1.165) is 32.4 Å². The number of carbonyl (C=O) groups excluding carboxylic acids is 1. The largest absolute Gasteiger partial charge is 0.341 e. The van der Waals surface area contributed by atoms with E-state index >= 15 is 0 Å². The highest BCUT2D eigenvalue weighted by Crippen LogP contribution is 2.30. The molecule has 0 bridgehead atoms. The highest BCUT2D eigenvalue weighted by molar-refractivity contribution is 5.97. The van der Waals surface area contributed by atoms with Crippen molar-refractivity contribution in [1.82, 2.24) is 9.97 Å². The van der Waals surface area contributed by atoms with Gasteiger partial charge in [0, 0.05) is 32.3 Å². The van der Waals surface area contributed by atoms with E-state index in [-0.39, 0.29) is 5.91 Å². The smallest absolute Gasteiger partial charge is 0.227 e. The van der Waals surface area contributed by atoms with Crippen LogP contribution in [0.3, 0.4) is 0 Å². The van der Waals surface area contributed by atoms with Crippen molar-refractivity contribution in [2.45, 2.75) is 39.5 Å². The van der Waals surface area contributed by atoms with Crippen LogP contribution in [-0.4, -0.2) is 41.7 Å². The molecular formula is C16H24N5O. The Hall–Kier alpha value is -1.98. The minimum absolute atomic E-state index is 0.118. The summed E-state index contributed by atoms with van der Waals surface area (Å²) in [6, 6.07) is 0. The molecule has 2 heterocycles. The van der Waals surface area contributed by atoms with Gasteiger partial charge in [0.25, 0.3) is 0 Å². The Bertz CT molecular complexity index is 539. The number of hydrogen-bond donors (Lipinski definition) is 0. The van der Waals surface area contributed by atoms with Crippen molar-refractivity contribution < 1.29 is 4.79 Å². The van der Waals surface area contributed by atoms with Gasteiger partial charge in [-0.15, -0.1) is 0 Å². The lowest BCUT2D eigenvalue weighted by atomic mass is 10.3. The first kappa shape index (κ1) is 16.4. The van der Waals surface area contributed by atoms with Crippen molar-refractivity contribution in [1.29, 1.82) is 0 Å². The maximum absolute atomic E-state index is 12.0. The zero-order chi connectivity index (χ0) is 15.9. The van der Waals surface area contributed by atoms with Gasteiger partial charge in [-0.1, -0.05) is 6.92 Å². The van der Waals surface area contributed by atoms with Crippen LogP contribution >= 0.6 is 0 Å². The predicted molar refractivity (Wildman–Crippen MR) is 89.9 cm³/mol. The van der Waals surface area contributed by atoms with E-state index in [4.69, 9.17) is 0 Å². The summed E-state index contributed by atoms with van der Waals surface area (Å²) in [5.74, 6) is 1.34. The molecule has 0 saturated carbocycles. The summed E-state index contributed by atoms with van der Waals surface area (Å²) in [7, 11) is 0. The second-order valence-corrected chi connectivity index (χ2v) is 5.15. The molecule has 0 atom stereocenters. The third kappa shape index (κ3) is 3.61. The summed E-state index contributed by atoms with van der Waals surface area (Å²) >= 11 is 0. The highest BCUT2D eigenvalue weighted by Gasteiger charge is 2.25. The maximum atomic E-state index is 12.0. The van der Waals surface area contributed by atoms with Gasteiger partial charge in [-0.05, 0) is 33.1 Å². The van der Waals surface area contributed by atoms with Crippen molar-refractivity contribution >= 4 is 29.6 Å². The molecule has 0 N–H and O–H groups in total. The number of aromatic nitrogens is 2. The number of nitrogens with zero attached hydrogens (tertiary/aromatic N) is 5. The molecule has 0 unspecified atom stereocenters. The van der Waals surface area contributed by atoms with Crippen molar-refractivity contribution in [3.05, 3.63) is 13.1 Å². The minimum Gasteiger partial charge on any atom is -0.341 e. The first-order chi connectivity index (χ1) is 10.7. The summed E-state index contributed by atoms with van der Waals surface area (Å²) in [4.78, 5) is 29.2. The van der Waals surface area contributed by atoms with Gasteiger partial charge in [0.15, 0.2) is 5.82 Å². The van der Waals surface area contributed by atoms with Gasteiger partial charge in [0.1, 0.15) is 5.69 Å². The van der Waals surface area contributed by atoms with Crippen LogP contribution in [0.15, 0.2) is 11.2 Å². The third-order valence-electron chi connectivity index (χ3n) is 3.69. The lowest BCUT2D eigenvalue weighted by Gasteiger charge is -2.21. The van der Waals surface area contributed by atoms with E-state index in [1.165, 1.54) is 0 Å². The molecule has 2 rings (SSSR count). The fourth-order valence-corrected chi connectivity index (χ4v) is 2.45. The Balaban J connectivity index is 2.37. The molecule has 1 amide bonds. The average Bonchev–Trinajstić information content (AvgIpc) is 2.95. The molecule has 6 heteroatoms. The first-order valence-electron chi connectivity index (χ1n) is 7.95. The normalized spacial score (nSPS) is 15.0. The number of unbranched alkanes of at least 4 members (excludes halogenated alkanes) is 1. The molecule has 1 aliphatic heterocycles. The topological polar surface area (TPSA) is 61.7 Å². The SMILES string of the molecule is [CH2]CCC=Nc1nc(N(CC)CC)ncc1N1CCCC1=O. The van der Waals surface area contributed by atoms with Crippen LogP contribution in [0, 0.1) is 6.92 Å². The number of rotatable bonds is 7. The monoisotopic (exact) mass is 302 g/mol. The van der Waals surface area contributed by atoms with E-state index in [0.29, 0.717) is 30.4 Å². The van der Waals surface area contributed by atoms with Crippen LogP contribution < -0.4 is 9.80 Å². The van der Waals surface area contributed by atoms with E-state index in [2.05, 4.69) is 40.6 Å². The van der Waals surface area contributed by atoms with Crippen LogP contribution in [0.25, 0.3) is 0 Å². The lowest BCUT2D eigenvalue weighted by molar-refractivity contribution is -0.117. The Morgan fingerprint density at radius 1 is 1.45 bits per heavy atom. The first-order valence-corrected chi connectivity index (χ1v) is 7.95. The molecule has 6 nitrogen and oxygen atoms in total. The van der Waals surface area contributed by atoms with E-state index in [1.54, 1.807) is 11.1 Å². The van der Waals surface area contributed by atoms with E-state index < -0.39 is 0 Å². The summed E-state index contributed by atoms with van der Waals surface area (Å²) in [6.07, 6.45) is 6.57. The van der Waals surface area contributed by atoms with Crippen molar-refractivity contribution in [2.75, 3.05) is 29.4 Å². The number of aliphatic imine (C=N–C) groups is 1. The molecule has 1 aromatic heterocycles. The highest BCUT2D eigenvalue weighted by atomic mass is 16.2. The number of carbonyl (C=O) groups is 1. The van der Waals surface area contributed by atoms with Crippen LogP contribution in [-0.2, 0) is 4.79 Å². The number of amides is 1. The van der Waals surface area contributed by atoms with Crippen molar-refractivity contribution in [3.8, 4) is 0 Å². The molecule has 1 aromatic rings. The Kier molecular flexibility index (Phi) is 5.86. The molecular weight excluding hydrogens is 278 g/mol. The maximum Gasteiger partial charge on any atom is 0.227 e. The second kappa shape index (κ2) is 7.87. The fraction of sp³-hybridized carbons (Fsp3) is 0.562. The summed E-state index contributed by atoms with van der Waals surface area (Å²) in [6.45, 7) is 10.3. The molecule has 1 radical (unpaired) electrons. The molecule has 0 aliphatic carbocycles. The summed E-state index contributed by atoms with van der Waals surface area (Å²) in [5.41, 5.74) is 0.707.